The third-order valence-electron chi connectivity index (χ3n) is 4.91. The van der Waals surface area contributed by atoms with Gasteiger partial charge in [-0.3, -0.25) is 19.3 Å². The third kappa shape index (κ3) is 4.16. The highest BCUT2D eigenvalue weighted by atomic mass is 32.2. The second-order valence-electron chi connectivity index (χ2n) is 6.83. The Morgan fingerprint density at radius 1 is 1.36 bits per heavy atom. The van der Waals surface area contributed by atoms with Crippen molar-refractivity contribution in [1.29, 1.82) is 0 Å². The molecule has 3 rings (SSSR count). The molecule has 2 aliphatic heterocycles. The zero-order valence-corrected chi connectivity index (χ0v) is 16.8. The molecule has 2 fully saturated rings. The molecule has 8 heteroatoms. The van der Waals surface area contributed by atoms with Crippen molar-refractivity contribution in [3.63, 3.8) is 0 Å². The predicted octanol–water partition coefficient (Wildman–Crippen LogP) is 3.23. The fourth-order valence-corrected chi connectivity index (χ4v) is 4.23. The number of ether oxygens (including phenoxy) is 1. The van der Waals surface area contributed by atoms with Crippen LogP contribution in [0.4, 0.5) is 4.79 Å². The van der Waals surface area contributed by atoms with Gasteiger partial charge in [0.15, 0.2) is 11.5 Å². The van der Waals surface area contributed by atoms with Crippen molar-refractivity contribution in [2.75, 3.05) is 19.7 Å². The summed E-state index contributed by atoms with van der Waals surface area (Å²) in [6.45, 7) is 4.59. The number of benzene rings is 1. The van der Waals surface area contributed by atoms with Gasteiger partial charge in [0.05, 0.1) is 11.5 Å². The molecule has 1 aromatic rings. The summed E-state index contributed by atoms with van der Waals surface area (Å²) < 4.78 is 5.34. The molecular weight excluding hydrogens is 380 g/mol. The molecule has 2 aliphatic rings. The number of amides is 3. The van der Waals surface area contributed by atoms with Gasteiger partial charge in [-0.05, 0) is 57.0 Å². The van der Waals surface area contributed by atoms with E-state index in [1.54, 1.807) is 30.0 Å². The SMILES string of the molecule is CCOc1cccc(/C=C2\SC(=O)N(CC(=O)N3CCCC[C@@H]3C)C2=O)c1O. The molecule has 28 heavy (non-hydrogen) atoms. The van der Waals surface area contributed by atoms with Crippen molar-refractivity contribution in [3.8, 4) is 11.5 Å². The van der Waals surface area contributed by atoms with E-state index in [-0.39, 0.29) is 29.1 Å². The number of phenols is 1. The van der Waals surface area contributed by atoms with Crippen LogP contribution in [0.5, 0.6) is 11.5 Å². The number of para-hydroxylation sites is 1. The smallest absolute Gasteiger partial charge is 0.294 e. The number of carbonyl (C=O) groups excluding carboxylic acids is 3. The summed E-state index contributed by atoms with van der Waals surface area (Å²) in [7, 11) is 0. The number of rotatable bonds is 5. The average Bonchev–Trinajstić information content (AvgIpc) is 2.93. The highest BCUT2D eigenvalue weighted by molar-refractivity contribution is 8.18. The molecule has 0 radical (unpaired) electrons. The lowest BCUT2D eigenvalue weighted by molar-refractivity contribution is -0.138. The fourth-order valence-electron chi connectivity index (χ4n) is 3.40. The first-order valence-electron chi connectivity index (χ1n) is 9.42. The number of aromatic hydroxyl groups is 1. The van der Waals surface area contributed by atoms with Crippen molar-refractivity contribution in [2.24, 2.45) is 0 Å². The van der Waals surface area contributed by atoms with E-state index in [2.05, 4.69) is 0 Å². The summed E-state index contributed by atoms with van der Waals surface area (Å²) >= 11 is 0.770. The van der Waals surface area contributed by atoms with Crippen LogP contribution in [0.25, 0.3) is 6.08 Å². The van der Waals surface area contributed by atoms with Gasteiger partial charge in [0.2, 0.25) is 5.91 Å². The van der Waals surface area contributed by atoms with Gasteiger partial charge in [0.25, 0.3) is 11.1 Å². The maximum atomic E-state index is 12.7. The normalized spacial score (nSPS) is 21.5. The fraction of sp³-hybridized carbons (Fsp3) is 0.450. The number of phenolic OH excluding ortho intramolecular Hbond substituents is 1. The monoisotopic (exact) mass is 404 g/mol. The van der Waals surface area contributed by atoms with E-state index in [0.29, 0.717) is 24.5 Å². The topological polar surface area (TPSA) is 87.2 Å². The highest BCUT2D eigenvalue weighted by Crippen LogP contribution is 2.36. The molecular formula is C20H24N2O5S. The van der Waals surface area contributed by atoms with Crippen LogP contribution >= 0.6 is 11.8 Å². The highest BCUT2D eigenvalue weighted by Gasteiger charge is 2.38. The minimum atomic E-state index is -0.519. The number of hydrogen-bond donors (Lipinski definition) is 1. The first kappa shape index (κ1) is 20.3. The number of hydrogen-bond acceptors (Lipinski definition) is 6. The Morgan fingerprint density at radius 3 is 2.86 bits per heavy atom. The lowest BCUT2D eigenvalue weighted by atomic mass is 10.0. The van der Waals surface area contributed by atoms with Crippen LogP contribution in [0.15, 0.2) is 23.1 Å². The lowest BCUT2D eigenvalue weighted by Gasteiger charge is -2.34. The Kier molecular flexibility index (Phi) is 6.28. The standard InChI is InChI=1S/C20H24N2O5S/c1-3-27-15-9-6-8-14(18(15)24)11-16-19(25)22(20(26)28-16)12-17(23)21-10-5-4-7-13(21)2/h6,8-9,11,13,24H,3-5,7,10,12H2,1-2H3/b16-11-/t13-/m0/s1. The number of likely N-dealkylation sites (tertiary alicyclic amines) is 1. The molecule has 1 atom stereocenters. The van der Waals surface area contributed by atoms with Crippen molar-refractivity contribution < 1.29 is 24.2 Å². The van der Waals surface area contributed by atoms with Gasteiger partial charge in [0, 0.05) is 18.2 Å². The van der Waals surface area contributed by atoms with Gasteiger partial charge in [-0.15, -0.1) is 0 Å². The van der Waals surface area contributed by atoms with Gasteiger partial charge in [0.1, 0.15) is 6.54 Å². The Morgan fingerprint density at radius 2 is 2.14 bits per heavy atom. The second-order valence-corrected chi connectivity index (χ2v) is 7.82. The molecule has 2 heterocycles. The van der Waals surface area contributed by atoms with E-state index in [9.17, 15) is 19.5 Å². The van der Waals surface area contributed by atoms with Crippen molar-refractivity contribution >= 4 is 34.9 Å². The van der Waals surface area contributed by atoms with Crippen molar-refractivity contribution in [3.05, 3.63) is 28.7 Å². The first-order chi connectivity index (χ1) is 13.4. The molecule has 2 saturated heterocycles. The summed E-state index contributed by atoms with van der Waals surface area (Å²) in [5.74, 6) is -0.509. The number of nitrogens with zero attached hydrogens (tertiary/aromatic N) is 2. The van der Waals surface area contributed by atoms with Gasteiger partial charge in [-0.1, -0.05) is 12.1 Å². The summed E-state index contributed by atoms with van der Waals surface area (Å²) in [6.07, 6.45) is 4.41. The van der Waals surface area contributed by atoms with Crippen LogP contribution in [0, 0.1) is 0 Å². The number of thioether (sulfide) groups is 1. The first-order valence-corrected chi connectivity index (χ1v) is 10.2. The average molecular weight is 404 g/mol. The Labute approximate surface area is 168 Å². The zero-order chi connectivity index (χ0) is 20.3. The largest absolute Gasteiger partial charge is 0.504 e. The van der Waals surface area contributed by atoms with Crippen molar-refractivity contribution in [1.82, 2.24) is 9.80 Å². The van der Waals surface area contributed by atoms with Gasteiger partial charge >= 0.3 is 0 Å². The molecule has 3 amide bonds. The summed E-state index contributed by atoms with van der Waals surface area (Å²) in [5.41, 5.74) is 0.382. The Hall–Kier alpha value is -2.48. The molecule has 0 bridgehead atoms. The molecule has 7 nitrogen and oxygen atoms in total. The predicted molar refractivity (Wildman–Crippen MR) is 107 cm³/mol. The van der Waals surface area contributed by atoms with E-state index in [1.807, 2.05) is 6.92 Å². The molecule has 0 unspecified atom stereocenters. The third-order valence-corrected chi connectivity index (χ3v) is 5.81. The minimum absolute atomic E-state index is 0.0885. The minimum Gasteiger partial charge on any atom is -0.504 e. The zero-order valence-electron chi connectivity index (χ0n) is 16.0. The molecule has 0 aliphatic carbocycles. The molecule has 150 valence electrons. The van der Waals surface area contributed by atoms with Gasteiger partial charge in [-0.25, -0.2) is 0 Å². The molecule has 0 spiro atoms. The second kappa shape index (κ2) is 8.68. The maximum absolute atomic E-state index is 12.7. The van der Waals surface area contributed by atoms with Crippen LogP contribution in [0.2, 0.25) is 0 Å². The van der Waals surface area contributed by atoms with Crippen LogP contribution in [0.1, 0.15) is 38.7 Å². The van der Waals surface area contributed by atoms with Crippen LogP contribution in [0.3, 0.4) is 0 Å². The van der Waals surface area contributed by atoms with Crippen LogP contribution in [-0.4, -0.2) is 57.7 Å². The van der Waals surface area contributed by atoms with E-state index in [1.165, 1.54) is 6.08 Å². The van der Waals surface area contributed by atoms with E-state index in [4.69, 9.17) is 4.74 Å². The van der Waals surface area contributed by atoms with E-state index in [0.717, 1.165) is 35.9 Å². The number of carbonyl (C=O) groups is 3. The van der Waals surface area contributed by atoms with Crippen LogP contribution < -0.4 is 4.74 Å². The van der Waals surface area contributed by atoms with Crippen molar-refractivity contribution in [2.45, 2.75) is 39.2 Å². The molecule has 1 aromatic carbocycles. The summed E-state index contributed by atoms with van der Waals surface area (Å²) in [5, 5.41) is 9.82. The van der Waals surface area contributed by atoms with Gasteiger partial charge < -0.3 is 14.7 Å². The van der Waals surface area contributed by atoms with Gasteiger partial charge in [-0.2, -0.15) is 0 Å². The quantitative estimate of drug-likeness (QED) is 0.758. The Balaban J connectivity index is 1.75. The van der Waals surface area contributed by atoms with E-state index >= 15 is 0 Å². The maximum Gasteiger partial charge on any atom is 0.294 e. The molecule has 0 saturated carbocycles. The molecule has 1 N–H and O–H groups in total. The lowest BCUT2D eigenvalue weighted by Crippen LogP contribution is -2.47. The summed E-state index contributed by atoms with van der Waals surface area (Å²) in [4.78, 5) is 40.5. The Bertz CT molecular complexity index is 823. The van der Waals surface area contributed by atoms with Crippen LogP contribution in [-0.2, 0) is 9.59 Å². The molecule has 0 aromatic heterocycles. The van der Waals surface area contributed by atoms with E-state index < -0.39 is 11.1 Å². The number of imide groups is 1. The number of piperidine rings is 1. The summed E-state index contributed by atoms with van der Waals surface area (Å²) in [6, 6.07) is 5.07.